The van der Waals surface area contributed by atoms with Crippen molar-refractivity contribution in [3.63, 3.8) is 0 Å². The molecule has 0 aliphatic heterocycles. The second-order valence-corrected chi connectivity index (χ2v) is 8.27. The molecule has 5 heteroatoms. The van der Waals surface area contributed by atoms with Gasteiger partial charge in [0.15, 0.2) is 0 Å². The molecule has 0 aliphatic carbocycles. The summed E-state index contributed by atoms with van der Waals surface area (Å²) in [6.45, 7) is 0. The van der Waals surface area contributed by atoms with Crippen LogP contribution in [0, 0.1) is 0 Å². The summed E-state index contributed by atoms with van der Waals surface area (Å²) in [5.41, 5.74) is 4.35. The Morgan fingerprint density at radius 1 is 0.667 bits per heavy atom. The highest BCUT2D eigenvalue weighted by molar-refractivity contribution is 7.80. The molecule has 0 fully saturated rings. The van der Waals surface area contributed by atoms with Crippen molar-refractivity contribution in [2.75, 3.05) is 11.9 Å². The van der Waals surface area contributed by atoms with Gasteiger partial charge in [-0.2, -0.15) is 0 Å². The van der Waals surface area contributed by atoms with Crippen molar-refractivity contribution >= 4 is 66.7 Å². The van der Waals surface area contributed by atoms with Crippen LogP contribution in [0.15, 0.2) is 97.1 Å². The molecule has 6 rings (SSSR count). The van der Waals surface area contributed by atoms with E-state index in [2.05, 4.69) is 36.4 Å². The number of hydrogen-bond acceptors (Lipinski definition) is 4. The van der Waals surface area contributed by atoms with Gasteiger partial charge in [-0.1, -0.05) is 66.7 Å². The van der Waals surface area contributed by atoms with Gasteiger partial charge in [-0.3, -0.25) is 0 Å². The number of rotatable bonds is 2. The lowest BCUT2D eigenvalue weighted by molar-refractivity contribution is 0.553. The average Bonchev–Trinajstić information content (AvgIpc) is 2.88. The number of para-hydroxylation sites is 1. The Morgan fingerprint density at radius 3 is 1.85 bits per heavy atom. The molecule has 0 saturated heterocycles. The average molecular weight is 446 g/mol. The number of nitrogens with zero attached hydrogens (tertiary/aromatic N) is 3. The maximum atomic E-state index is 6.00. The van der Waals surface area contributed by atoms with Gasteiger partial charge in [-0.05, 0) is 47.3 Å². The first-order valence-electron chi connectivity index (χ1n) is 10.7. The minimum absolute atomic E-state index is 0.366. The Kier molecular flexibility index (Phi) is 4.63. The molecule has 0 spiro atoms. The lowest BCUT2D eigenvalue weighted by atomic mass is 9.99. The van der Waals surface area contributed by atoms with Gasteiger partial charge in [0.1, 0.15) is 5.75 Å². The van der Waals surface area contributed by atoms with Gasteiger partial charge < -0.3 is 9.64 Å². The van der Waals surface area contributed by atoms with Crippen molar-refractivity contribution in [1.82, 2.24) is 9.97 Å². The van der Waals surface area contributed by atoms with E-state index in [0.29, 0.717) is 10.9 Å². The summed E-state index contributed by atoms with van der Waals surface area (Å²) in [7, 11) is 1.89. The quantitative estimate of drug-likeness (QED) is 0.165. The van der Waals surface area contributed by atoms with E-state index in [1.807, 2.05) is 72.6 Å². The van der Waals surface area contributed by atoms with Crippen molar-refractivity contribution in [1.29, 1.82) is 0 Å². The Hall–Kier alpha value is -4.09. The highest BCUT2D eigenvalue weighted by Gasteiger charge is 2.13. The SMILES string of the molecule is CN(C(=S)Oc1ccc2nc3c4ccccc4c4ccccc4c3nc2c1)c1ccccc1. The van der Waals surface area contributed by atoms with E-state index < -0.39 is 0 Å². The van der Waals surface area contributed by atoms with Crippen molar-refractivity contribution in [2.24, 2.45) is 0 Å². The van der Waals surface area contributed by atoms with Crippen LogP contribution in [0.2, 0.25) is 0 Å². The molecule has 0 radical (unpaired) electrons. The zero-order chi connectivity index (χ0) is 22.4. The van der Waals surface area contributed by atoms with Gasteiger partial charge in [0.25, 0.3) is 5.17 Å². The van der Waals surface area contributed by atoms with E-state index in [-0.39, 0.29) is 0 Å². The second kappa shape index (κ2) is 7.80. The Labute approximate surface area is 196 Å². The van der Waals surface area contributed by atoms with E-state index in [1.54, 1.807) is 0 Å². The predicted octanol–water partition coefficient (Wildman–Crippen LogP) is 6.89. The highest BCUT2D eigenvalue weighted by atomic mass is 32.1. The van der Waals surface area contributed by atoms with Crippen LogP contribution < -0.4 is 9.64 Å². The number of ether oxygens (including phenoxy) is 1. The lowest BCUT2D eigenvalue weighted by Gasteiger charge is -2.19. The molecule has 0 aliphatic rings. The fourth-order valence-electron chi connectivity index (χ4n) is 4.25. The van der Waals surface area contributed by atoms with Gasteiger partial charge in [0, 0.05) is 29.6 Å². The third-order valence-corrected chi connectivity index (χ3v) is 6.27. The number of anilines is 1. The van der Waals surface area contributed by atoms with Crippen LogP contribution in [0.5, 0.6) is 5.75 Å². The molecule has 1 heterocycles. The first-order valence-corrected chi connectivity index (χ1v) is 11.1. The van der Waals surface area contributed by atoms with E-state index >= 15 is 0 Å². The minimum Gasteiger partial charge on any atom is -0.431 e. The van der Waals surface area contributed by atoms with Crippen molar-refractivity contribution in [3.05, 3.63) is 97.1 Å². The topological polar surface area (TPSA) is 38.2 Å². The summed E-state index contributed by atoms with van der Waals surface area (Å²) in [5, 5.41) is 4.92. The van der Waals surface area contributed by atoms with Crippen molar-refractivity contribution < 1.29 is 4.74 Å². The van der Waals surface area contributed by atoms with E-state index in [1.165, 1.54) is 10.8 Å². The molecule has 158 valence electrons. The van der Waals surface area contributed by atoms with Gasteiger partial charge in [0.2, 0.25) is 0 Å². The summed E-state index contributed by atoms with van der Waals surface area (Å²) >= 11 is 5.52. The molecule has 0 saturated carbocycles. The molecule has 1 aromatic heterocycles. The van der Waals surface area contributed by atoms with Crippen LogP contribution in [0.4, 0.5) is 5.69 Å². The normalized spacial score (nSPS) is 11.3. The largest absolute Gasteiger partial charge is 0.431 e. The van der Waals surface area contributed by atoms with Crippen molar-refractivity contribution in [3.8, 4) is 5.75 Å². The van der Waals surface area contributed by atoms with Gasteiger partial charge in [-0.15, -0.1) is 0 Å². The Balaban J connectivity index is 1.48. The molecule has 6 aromatic rings. The zero-order valence-electron chi connectivity index (χ0n) is 17.9. The molecular weight excluding hydrogens is 426 g/mol. The molecule has 0 atom stereocenters. The highest BCUT2D eigenvalue weighted by Crippen LogP contribution is 2.34. The molecule has 0 bridgehead atoms. The number of fused-ring (bicyclic) bond motifs is 7. The van der Waals surface area contributed by atoms with Crippen LogP contribution in [-0.2, 0) is 0 Å². The Morgan fingerprint density at radius 2 is 1.21 bits per heavy atom. The van der Waals surface area contributed by atoms with Gasteiger partial charge in [-0.25, -0.2) is 9.97 Å². The summed E-state index contributed by atoms with van der Waals surface area (Å²) < 4.78 is 6.00. The van der Waals surface area contributed by atoms with Crippen LogP contribution >= 0.6 is 12.2 Å². The smallest absolute Gasteiger partial charge is 0.269 e. The number of aromatic nitrogens is 2. The molecule has 0 N–H and O–H groups in total. The first kappa shape index (κ1) is 19.6. The van der Waals surface area contributed by atoms with Crippen LogP contribution in [0.3, 0.4) is 0 Å². The summed E-state index contributed by atoms with van der Waals surface area (Å²) in [4.78, 5) is 11.9. The fraction of sp³-hybridized carbons (Fsp3) is 0.0357. The standard InChI is InChI=1S/C28H19N3OS/c1-31(18-9-3-2-4-10-18)28(33)32-19-15-16-24-25(17-19)30-27-23-14-8-6-12-21(23)20-11-5-7-13-22(20)26(27)29-24/h2-17H,1H3. The number of benzene rings is 5. The monoisotopic (exact) mass is 445 g/mol. The second-order valence-electron chi connectivity index (χ2n) is 7.93. The van der Waals surface area contributed by atoms with Crippen LogP contribution in [0.1, 0.15) is 0 Å². The molecule has 4 nitrogen and oxygen atoms in total. The first-order chi connectivity index (χ1) is 16.2. The van der Waals surface area contributed by atoms with Gasteiger partial charge >= 0.3 is 0 Å². The van der Waals surface area contributed by atoms with Gasteiger partial charge in [0.05, 0.1) is 22.1 Å². The predicted molar refractivity (Wildman–Crippen MR) is 140 cm³/mol. The summed E-state index contributed by atoms with van der Waals surface area (Å²) in [6.07, 6.45) is 0. The van der Waals surface area contributed by atoms with Crippen LogP contribution in [-0.4, -0.2) is 22.2 Å². The molecular formula is C28H19N3OS. The number of hydrogen-bond donors (Lipinski definition) is 0. The fourth-order valence-corrected chi connectivity index (χ4v) is 4.45. The minimum atomic E-state index is 0.366. The third kappa shape index (κ3) is 3.34. The number of thiocarbonyl (C=S) groups is 1. The summed E-state index contributed by atoms with van der Waals surface area (Å²) in [5.74, 6) is 0.633. The maximum Gasteiger partial charge on any atom is 0.269 e. The molecule has 0 unspecified atom stereocenters. The summed E-state index contributed by atoms with van der Waals surface area (Å²) in [6, 6.07) is 32.3. The zero-order valence-corrected chi connectivity index (χ0v) is 18.7. The van der Waals surface area contributed by atoms with Crippen LogP contribution in [0.25, 0.3) is 43.6 Å². The molecule has 0 amide bonds. The third-order valence-electron chi connectivity index (χ3n) is 5.91. The maximum absolute atomic E-state index is 6.00. The van der Waals surface area contributed by atoms with E-state index in [9.17, 15) is 0 Å². The molecule has 5 aromatic carbocycles. The van der Waals surface area contributed by atoms with E-state index in [0.717, 1.165) is 38.5 Å². The lowest BCUT2D eigenvalue weighted by Crippen LogP contribution is -2.29. The Bertz CT molecular complexity index is 1680. The van der Waals surface area contributed by atoms with Crippen molar-refractivity contribution in [2.45, 2.75) is 0 Å². The molecule has 33 heavy (non-hydrogen) atoms. The van der Waals surface area contributed by atoms with E-state index in [4.69, 9.17) is 26.9 Å².